The molecule has 0 aromatic heterocycles. The van der Waals surface area contributed by atoms with E-state index in [4.69, 9.17) is 4.74 Å². The first kappa shape index (κ1) is 19.8. The topological polar surface area (TPSA) is 49.9 Å². The SMILES string of the molecule is CC(C)C1(C)CCCN(Cc2ccccc2S(=O)(=O)N2CCOCC2)C1. The lowest BCUT2D eigenvalue weighted by Crippen LogP contribution is -2.44. The van der Waals surface area contributed by atoms with E-state index in [0.29, 0.717) is 49.1 Å². The Morgan fingerprint density at radius 2 is 1.85 bits per heavy atom. The Balaban J connectivity index is 1.81. The molecule has 1 aromatic carbocycles. The number of hydrogen-bond donors (Lipinski definition) is 0. The van der Waals surface area contributed by atoms with Gasteiger partial charge in [-0.3, -0.25) is 4.90 Å². The van der Waals surface area contributed by atoms with E-state index in [1.807, 2.05) is 18.2 Å². The average Bonchev–Trinajstić information content (AvgIpc) is 2.63. The fourth-order valence-corrected chi connectivity index (χ4v) is 5.66. The minimum absolute atomic E-state index is 0.302. The van der Waals surface area contributed by atoms with Crippen molar-refractivity contribution in [3.05, 3.63) is 29.8 Å². The molecule has 2 heterocycles. The van der Waals surface area contributed by atoms with Gasteiger partial charge >= 0.3 is 0 Å². The van der Waals surface area contributed by atoms with Crippen LogP contribution in [0.2, 0.25) is 0 Å². The fourth-order valence-electron chi connectivity index (χ4n) is 4.03. The smallest absolute Gasteiger partial charge is 0.243 e. The van der Waals surface area contributed by atoms with Gasteiger partial charge in [-0.25, -0.2) is 8.42 Å². The van der Waals surface area contributed by atoms with Crippen molar-refractivity contribution in [2.24, 2.45) is 11.3 Å². The molecule has 0 amide bonds. The summed E-state index contributed by atoms with van der Waals surface area (Å²) in [7, 11) is -3.46. The summed E-state index contributed by atoms with van der Waals surface area (Å²) in [4.78, 5) is 2.88. The van der Waals surface area contributed by atoms with Gasteiger partial charge < -0.3 is 4.74 Å². The molecular formula is C20H32N2O3S. The predicted molar refractivity (Wildman–Crippen MR) is 103 cm³/mol. The number of piperidine rings is 1. The van der Waals surface area contributed by atoms with Crippen molar-refractivity contribution < 1.29 is 13.2 Å². The predicted octanol–water partition coefficient (Wildman–Crippen LogP) is 2.97. The van der Waals surface area contributed by atoms with Gasteiger partial charge in [-0.1, -0.05) is 39.0 Å². The van der Waals surface area contributed by atoms with Gasteiger partial charge in [-0.05, 0) is 42.3 Å². The van der Waals surface area contributed by atoms with Gasteiger partial charge in [0.05, 0.1) is 18.1 Å². The Morgan fingerprint density at radius 1 is 1.15 bits per heavy atom. The van der Waals surface area contributed by atoms with Crippen LogP contribution in [0, 0.1) is 11.3 Å². The van der Waals surface area contributed by atoms with Crippen molar-refractivity contribution >= 4 is 10.0 Å². The third kappa shape index (κ3) is 4.14. The monoisotopic (exact) mass is 380 g/mol. The Labute approximate surface area is 158 Å². The first-order chi connectivity index (χ1) is 12.3. The molecule has 0 N–H and O–H groups in total. The Morgan fingerprint density at radius 3 is 2.54 bits per heavy atom. The van der Waals surface area contributed by atoms with E-state index < -0.39 is 10.0 Å². The van der Waals surface area contributed by atoms with Crippen LogP contribution in [0.5, 0.6) is 0 Å². The van der Waals surface area contributed by atoms with Crippen molar-refractivity contribution in [3.8, 4) is 0 Å². The molecule has 6 heteroatoms. The molecule has 2 aliphatic heterocycles. The van der Waals surface area contributed by atoms with Crippen molar-refractivity contribution in [1.29, 1.82) is 0 Å². The van der Waals surface area contributed by atoms with E-state index in [9.17, 15) is 8.42 Å². The number of benzene rings is 1. The van der Waals surface area contributed by atoms with Gasteiger partial charge in [0, 0.05) is 26.2 Å². The molecule has 146 valence electrons. The van der Waals surface area contributed by atoms with Gasteiger partial charge in [0.15, 0.2) is 0 Å². The van der Waals surface area contributed by atoms with Gasteiger partial charge in [0.1, 0.15) is 0 Å². The van der Waals surface area contributed by atoms with Crippen LogP contribution >= 0.6 is 0 Å². The molecule has 1 aromatic rings. The van der Waals surface area contributed by atoms with Gasteiger partial charge in [-0.2, -0.15) is 4.31 Å². The number of morpholine rings is 1. The van der Waals surface area contributed by atoms with Crippen LogP contribution in [0.15, 0.2) is 29.2 Å². The molecule has 0 aliphatic carbocycles. The Kier molecular flexibility index (Phi) is 6.07. The summed E-state index contributed by atoms with van der Waals surface area (Å²) in [5, 5.41) is 0. The summed E-state index contributed by atoms with van der Waals surface area (Å²) >= 11 is 0. The zero-order chi connectivity index (χ0) is 18.8. The lowest BCUT2D eigenvalue weighted by Gasteiger charge is -2.43. The number of nitrogens with zero attached hydrogens (tertiary/aromatic N) is 2. The molecule has 5 nitrogen and oxygen atoms in total. The molecule has 1 atom stereocenters. The molecule has 1 unspecified atom stereocenters. The summed E-state index contributed by atoms with van der Waals surface area (Å²) in [6.45, 7) is 11.5. The molecule has 0 spiro atoms. The van der Waals surface area contributed by atoms with Crippen LogP contribution in [-0.2, 0) is 21.3 Å². The first-order valence-electron chi connectivity index (χ1n) is 9.71. The number of ether oxygens (including phenoxy) is 1. The van der Waals surface area contributed by atoms with Gasteiger partial charge in [0.2, 0.25) is 10.0 Å². The molecule has 2 fully saturated rings. The second kappa shape index (κ2) is 7.97. The quantitative estimate of drug-likeness (QED) is 0.788. The zero-order valence-electron chi connectivity index (χ0n) is 16.3. The van der Waals surface area contributed by atoms with Crippen LogP contribution in [0.1, 0.15) is 39.2 Å². The van der Waals surface area contributed by atoms with Crippen LogP contribution < -0.4 is 0 Å². The Hall–Kier alpha value is -0.950. The summed E-state index contributed by atoms with van der Waals surface area (Å²) < 4.78 is 33.1. The fraction of sp³-hybridized carbons (Fsp3) is 0.700. The zero-order valence-corrected chi connectivity index (χ0v) is 17.1. The van der Waals surface area contributed by atoms with E-state index in [1.165, 1.54) is 12.8 Å². The van der Waals surface area contributed by atoms with Crippen molar-refractivity contribution in [2.45, 2.75) is 45.1 Å². The first-order valence-corrected chi connectivity index (χ1v) is 11.1. The van der Waals surface area contributed by atoms with Crippen molar-refractivity contribution in [2.75, 3.05) is 39.4 Å². The lowest BCUT2D eigenvalue weighted by molar-refractivity contribution is 0.0582. The second-order valence-corrected chi connectivity index (χ2v) is 10.2. The van der Waals surface area contributed by atoms with Crippen LogP contribution in [0.3, 0.4) is 0 Å². The second-order valence-electron chi connectivity index (χ2n) is 8.25. The van der Waals surface area contributed by atoms with E-state index >= 15 is 0 Å². The Bertz CT molecular complexity index is 714. The molecular weight excluding hydrogens is 348 g/mol. The molecule has 2 saturated heterocycles. The molecule has 0 bridgehead atoms. The highest BCUT2D eigenvalue weighted by Gasteiger charge is 2.34. The minimum Gasteiger partial charge on any atom is -0.379 e. The molecule has 0 radical (unpaired) electrons. The third-order valence-electron chi connectivity index (χ3n) is 6.16. The number of rotatable bonds is 5. The maximum atomic E-state index is 13.1. The maximum Gasteiger partial charge on any atom is 0.243 e. The van der Waals surface area contributed by atoms with Crippen LogP contribution in [0.25, 0.3) is 0 Å². The van der Waals surface area contributed by atoms with E-state index in [1.54, 1.807) is 10.4 Å². The molecule has 26 heavy (non-hydrogen) atoms. The molecule has 3 rings (SSSR count). The van der Waals surface area contributed by atoms with E-state index in [0.717, 1.165) is 18.7 Å². The highest BCUT2D eigenvalue weighted by molar-refractivity contribution is 7.89. The summed E-state index contributed by atoms with van der Waals surface area (Å²) in [5.41, 5.74) is 1.21. The largest absolute Gasteiger partial charge is 0.379 e. The van der Waals surface area contributed by atoms with Crippen LogP contribution in [-0.4, -0.2) is 57.0 Å². The third-order valence-corrected chi connectivity index (χ3v) is 8.15. The lowest BCUT2D eigenvalue weighted by atomic mass is 9.73. The van der Waals surface area contributed by atoms with Gasteiger partial charge in [-0.15, -0.1) is 0 Å². The molecule has 2 aliphatic rings. The maximum absolute atomic E-state index is 13.1. The number of sulfonamides is 1. The summed E-state index contributed by atoms with van der Waals surface area (Å²) in [6, 6.07) is 7.49. The van der Waals surface area contributed by atoms with Crippen molar-refractivity contribution in [1.82, 2.24) is 9.21 Å². The average molecular weight is 381 g/mol. The summed E-state index contributed by atoms with van der Waals surface area (Å²) in [6.07, 6.45) is 2.42. The van der Waals surface area contributed by atoms with E-state index in [-0.39, 0.29) is 0 Å². The van der Waals surface area contributed by atoms with Gasteiger partial charge in [0.25, 0.3) is 0 Å². The summed E-state index contributed by atoms with van der Waals surface area (Å²) in [5.74, 6) is 0.623. The number of hydrogen-bond acceptors (Lipinski definition) is 4. The van der Waals surface area contributed by atoms with E-state index in [2.05, 4.69) is 25.7 Å². The highest BCUT2D eigenvalue weighted by Crippen LogP contribution is 2.37. The van der Waals surface area contributed by atoms with Crippen molar-refractivity contribution in [3.63, 3.8) is 0 Å². The minimum atomic E-state index is -3.46. The molecule has 0 saturated carbocycles. The standard InChI is InChI=1S/C20H32N2O3S/c1-17(2)20(3)9-6-10-21(16-20)15-18-7-4-5-8-19(18)26(23,24)22-11-13-25-14-12-22/h4-5,7-8,17H,6,9-16H2,1-3H3. The normalized spacial score (nSPS) is 26.3. The number of likely N-dealkylation sites (tertiary alicyclic amines) is 1. The highest BCUT2D eigenvalue weighted by atomic mass is 32.2. The van der Waals surface area contributed by atoms with Crippen LogP contribution in [0.4, 0.5) is 0 Å².